The zero-order valence-electron chi connectivity index (χ0n) is 14.9. The van der Waals surface area contributed by atoms with Gasteiger partial charge in [-0.1, -0.05) is 19.1 Å². The predicted octanol–water partition coefficient (Wildman–Crippen LogP) is 0.0700. The molecular weight excluding hydrogens is 366 g/mol. The van der Waals surface area contributed by atoms with Crippen molar-refractivity contribution in [2.75, 3.05) is 0 Å². The van der Waals surface area contributed by atoms with Crippen LogP contribution in [-0.4, -0.2) is 49.6 Å². The second kappa shape index (κ2) is 5.76. The fourth-order valence-corrected chi connectivity index (χ4v) is 4.82. The number of amides is 1. The molecule has 8 heteroatoms. The molecule has 3 aliphatic carbocycles. The van der Waals surface area contributed by atoms with E-state index in [0.29, 0.717) is 5.56 Å². The number of benzene rings is 1. The van der Waals surface area contributed by atoms with Crippen LogP contribution in [0.2, 0.25) is 0 Å². The molecule has 0 spiro atoms. The molecule has 5 atom stereocenters. The number of aliphatic hydroxyl groups excluding tert-OH is 2. The summed E-state index contributed by atoms with van der Waals surface area (Å²) >= 11 is 0. The Bertz CT molecular complexity index is 1010. The maximum atomic E-state index is 13.2. The summed E-state index contributed by atoms with van der Waals surface area (Å²) in [6.45, 7) is 1.73. The predicted molar refractivity (Wildman–Crippen MR) is 95.9 cm³/mol. The van der Waals surface area contributed by atoms with E-state index in [1.54, 1.807) is 19.1 Å². The smallest absolute Gasteiger partial charge is 0.252 e. The minimum absolute atomic E-state index is 0.0647. The minimum atomic E-state index is -2.36. The summed E-state index contributed by atoms with van der Waals surface area (Å²) in [5.41, 5.74) is 2.68. The maximum absolute atomic E-state index is 13.2. The molecule has 0 saturated heterocycles. The number of fused-ring (bicyclic) bond motifs is 3. The van der Waals surface area contributed by atoms with E-state index in [1.165, 1.54) is 6.07 Å². The number of nitrogens with two attached hydrogens (primary N) is 1. The number of primary amides is 1. The molecule has 8 nitrogen and oxygen atoms in total. The first-order valence-electron chi connectivity index (χ1n) is 8.86. The Kier molecular flexibility index (Phi) is 3.79. The zero-order valence-corrected chi connectivity index (χ0v) is 14.9. The zero-order chi connectivity index (χ0) is 20.5. The van der Waals surface area contributed by atoms with E-state index in [0.717, 1.165) is 6.08 Å². The van der Waals surface area contributed by atoms with E-state index in [2.05, 4.69) is 0 Å². The number of carbonyl (C=O) groups is 3. The molecular formula is C20H19NO7. The van der Waals surface area contributed by atoms with Crippen LogP contribution in [0.1, 0.15) is 30.4 Å². The molecule has 1 saturated carbocycles. The van der Waals surface area contributed by atoms with Gasteiger partial charge in [0.25, 0.3) is 5.91 Å². The molecule has 4 rings (SSSR count). The average molecular weight is 385 g/mol. The van der Waals surface area contributed by atoms with Gasteiger partial charge in [-0.15, -0.1) is 0 Å². The molecule has 3 aliphatic rings. The van der Waals surface area contributed by atoms with Crippen molar-refractivity contribution in [3.8, 4) is 5.75 Å². The van der Waals surface area contributed by atoms with Crippen molar-refractivity contribution < 1.29 is 34.8 Å². The molecule has 1 aromatic rings. The Labute approximate surface area is 159 Å². The molecule has 0 radical (unpaired) electrons. The van der Waals surface area contributed by atoms with Gasteiger partial charge in [-0.2, -0.15) is 0 Å². The number of aliphatic hydroxyl groups is 3. The molecule has 28 heavy (non-hydrogen) atoms. The standard InChI is InChI=1S/C20H19NO7/c1-7-8-3-2-4-11(22)14(8)17(25)15-13(7)16(24)10-5-12(23)9(19(21)27)6-20(10,28)18(15)26/h2-4,6-7,10,13,16,22,24-25,28H,5H2,1H3,(H2,21,27)/t7-,10+,13+,16+,20-/m0/s1. The van der Waals surface area contributed by atoms with E-state index in [9.17, 15) is 34.8 Å². The molecule has 0 unspecified atom stereocenters. The molecule has 0 aromatic heterocycles. The highest BCUT2D eigenvalue weighted by Gasteiger charge is 2.61. The largest absolute Gasteiger partial charge is 0.507 e. The van der Waals surface area contributed by atoms with Gasteiger partial charge in [-0.05, 0) is 23.6 Å². The first-order valence-corrected chi connectivity index (χ1v) is 8.86. The van der Waals surface area contributed by atoms with Gasteiger partial charge >= 0.3 is 0 Å². The third-order valence-electron chi connectivity index (χ3n) is 6.22. The molecule has 0 aliphatic heterocycles. The molecule has 1 aromatic carbocycles. The van der Waals surface area contributed by atoms with Gasteiger partial charge in [-0.3, -0.25) is 14.4 Å². The Hall–Kier alpha value is -2.97. The third-order valence-corrected chi connectivity index (χ3v) is 6.22. The van der Waals surface area contributed by atoms with Crippen LogP contribution in [0, 0.1) is 11.8 Å². The maximum Gasteiger partial charge on any atom is 0.252 e. The lowest BCUT2D eigenvalue weighted by molar-refractivity contribution is -0.152. The highest BCUT2D eigenvalue weighted by Crippen LogP contribution is 2.54. The van der Waals surface area contributed by atoms with Crippen molar-refractivity contribution in [3.63, 3.8) is 0 Å². The van der Waals surface area contributed by atoms with Crippen LogP contribution in [0.3, 0.4) is 0 Å². The van der Waals surface area contributed by atoms with Crippen LogP contribution >= 0.6 is 0 Å². The number of phenolic OH excluding ortho intramolecular Hbond substituents is 1. The van der Waals surface area contributed by atoms with E-state index >= 15 is 0 Å². The van der Waals surface area contributed by atoms with Gasteiger partial charge in [0.15, 0.2) is 17.2 Å². The van der Waals surface area contributed by atoms with Gasteiger partial charge < -0.3 is 26.2 Å². The molecule has 1 amide bonds. The van der Waals surface area contributed by atoms with E-state index in [1.807, 2.05) is 0 Å². The highest BCUT2D eigenvalue weighted by atomic mass is 16.3. The summed E-state index contributed by atoms with van der Waals surface area (Å²) in [6, 6.07) is 4.61. The summed E-state index contributed by atoms with van der Waals surface area (Å²) in [7, 11) is 0. The highest BCUT2D eigenvalue weighted by molar-refractivity contribution is 6.22. The lowest BCUT2D eigenvalue weighted by Gasteiger charge is -2.49. The molecule has 146 valence electrons. The number of phenols is 1. The lowest BCUT2D eigenvalue weighted by atomic mass is 9.56. The number of hydrogen-bond acceptors (Lipinski definition) is 7. The fourth-order valence-electron chi connectivity index (χ4n) is 4.82. The Morgan fingerprint density at radius 1 is 1.25 bits per heavy atom. The van der Waals surface area contributed by atoms with E-state index < -0.39 is 64.7 Å². The first-order chi connectivity index (χ1) is 13.1. The molecule has 1 fully saturated rings. The van der Waals surface area contributed by atoms with E-state index in [-0.39, 0.29) is 16.9 Å². The Balaban J connectivity index is 1.98. The number of Topliss-reactive ketones (excluding diaryl/α,β-unsaturated/α-hetero) is 2. The van der Waals surface area contributed by atoms with Crippen LogP contribution in [-0.2, 0) is 14.4 Å². The average Bonchev–Trinajstić information content (AvgIpc) is 2.63. The SMILES string of the molecule is C[C@H]1c2cccc(O)c2C(O)=C2C(=O)[C@]3(O)C=C(C(N)=O)C(=O)C[C@@H]3[C@@H](O)[C@@H]21. The summed E-state index contributed by atoms with van der Waals surface area (Å²) in [6.07, 6.45) is -0.985. The van der Waals surface area contributed by atoms with Crippen LogP contribution < -0.4 is 5.73 Å². The molecule has 6 N–H and O–H groups in total. The lowest BCUT2D eigenvalue weighted by Crippen LogP contribution is -2.61. The number of ketones is 2. The fraction of sp³-hybridized carbons (Fsp3) is 0.350. The number of rotatable bonds is 1. The summed E-state index contributed by atoms with van der Waals surface area (Å²) in [4.78, 5) is 37.0. The van der Waals surface area contributed by atoms with Gasteiger partial charge in [0.2, 0.25) is 0 Å². The topological polar surface area (TPSA) is 158 Å². The monoisotopic (exact) mass is 385 g/mol. The Morgan fingerprint density at radius 3 is 2.57 bits per heavy atom. The van der Waals surface area contributed by atoms with Crippen molar-refractivity contribution in [3.05, 3.63) is 46.5 Å². The van der Waals surface area contributed by atoms with Crippen molar-refractivity contribution in [2.45, 2.75) is 31.0 Å². The van der Waals surface area contributed by atoms with Gasteiger partial charge in [0, 0.05) is 23.8 Å². The quantitative estimate of drug-likeness (QED) is 0.428. The van der Waals surface area contributed by atoms with E-state index in [4.69, 9.17) is 5.73 Å². The van der Waals surface area contributed by atoms with Crippen LogP contribution in [0.25, 0.3) is 5.76 Å². The van der Waals surface area contributed by atoms with Gasteiger partial charge in [0.05, 0.1) is 17.2 Å². The molecule has 0 heterocycles. The van der Waals surface area contributed by atoms with Crippen LogP contribution in [0.5, 0.6) is 5.75 Å². The Morgan fingerprint density at radius 2 is 1.93 bits per heavy atom. The third kappa shape index (κ3) is 2.15. The normalized spacial score (nSPS) is 34.3. The summed E-state index contributed by atoms with van der Waals surface area (Å²) < 4.78 is 0. The van der Waals surface area contributed by atoms with Crippen molar-refractivity contribution >= 4 is 23.2 Å². The second-order valence-electron chi connectivity index (χ2n) is 7.62. The second-order valence-corrected chi connectivity index (χ2v) is 7.62. The first kappa shape index (κ1) is 18.4. The minimum Gasteiger partial charge on any atom is -0.507 e. The van der Waals surface area contributed by atoms with Crippen LogP contribution in [0.15, 0.2) is 35.4 Å². The van der Waals surface area contributed by atoms with Gasteiger partial charge in [-0.25, -0.2) is 0 Å². The van der Waals surface area contributed by atoms with Gasteiger partial charge in [0.1, 0.15) is 11.5 Å². The number of carbonyl (C=O) groups excluding carboxylic acids is 3. The number of hydrogen-bond donors (Lipinski definition) is 5. The summed E-state index contributed by atoms with van der Waals surface area (Å²) in [5.74, 6) is -5.98. The van der Waals surface area contributed by atoms with Crippen molar-refractivity contribution in [2.24, 2.45) is 17.6 Å². The van der Waals surface area contributed by atoms with Crippen molar-refractivity contribution in [1.82, 2.24) is 0 Å². The van der Waals surface area contributed by atoms with Crippen LogP contribution in [0.4, 0.5) is 0 Å². The summed E-state index contributed by atoms with van der Waals surface area (Å²) in [5, 5.41) is 43.0. The number of aromatic hydroxyl groups is 1. The van der Waals surface area contributed by atoms with Crippen molar-refractivity contribution in [1.29, 1.82) is 0 Å². The molecule has 0 bridgehead atoms.